The Hall–Kier alpha value is -1.26. The first-order valence-corrected chi connectivity index (χ1v) is 6.91. The highest BCUT2D eigenvalue weighted by molar-refractivity contribution is 6.33. The minimum atomic E-state index is -0.168. The number of aromatic hydroxyl groups is 1. The molecule has 0 atom stereocenters. The number of hydrogen-bond acceptors (Lipinski definition) is 3. The molecule has 1 amide bonds. The lowest BCUT2D eigenvalue weighted by atomic mass is 9.90. The average molecular weight is 284 g/mol. The van der Waals surface area contributed by atoms with Gasteiger partial charge in [-0.3, -0.25) is 4.79 Å². The van der Waals surface area contributed by atoms with E-state index in [1.54, 1.807) is 4.90 Å². The van der Waals surface area contributed by atoms with Crippen LogP contribution in [0.15, 0.2) is 18.2 Å². The zero-order valence-corrected chi connectivity index (χ0v) is 11.4. The molecule has 0 heterocycles. The number of halogens is 1. The van der Waals surface area contributed by atoms with E-state index in [1.165, 1.54) is 18.2 Å². The molecule has 5 heteroatoms. The van der Waals surface area contributed by atoms with Crippen molar-refractivity contribution in [2.24, 2.45) is 0 Å². The largest absolute Gasteiger partial charge is 0.508 e. The van der Waals surface area contributed by atoms with Crippen LogP contribution in [-0.4, -0.2) is 40.2 Å². The van der Waals surface area contributed by atoms with Crippen molar-refractivity contribution in [3.05, 3.63) is 28.8 Å². The lowest BCUT2D eigenvalue weighted by molar-refractivity contribution is 0.0562. The SMILES string of the molecule is O=C(c1cc(O)ccc1Cl)N(CCCO)C1CCC1. The molecular weight excluding hydrogens is 266 g/mol. The fourth-order valence-electron chi connectivity index (χ4n) is 2.22. The van der Waals surface area contributed by atoms with Crippen LogP contribution >= 0.6 is 11.6 Å². The van der Waals surface area contributed by atoms with E-state index in [-0.39, 0.29) is 24.3 Å². The summed E-state index contributed by atoms with van der Waals surface area (Å²) in [5.74, 6) is -0.137. The highest BCUT2D eigenvalue weighted by Gasteiger charge is 2.30. The van der Waals surface area contributed by atoms with Crippen molar-refractivity contribution < 1.29 is 15.0 Å². The molecule has 0 aliphatic heterocycles. The standard InChI is InChI=1S/C14H18ClNO3/c15-13-6-5-11(18)9-12(13)14(19)16(7-2-8-17)10-3-1-4-10/h5-6,9-10,17-18H,1-4,7-8H2. The average Bonchev–Trinajstić information content (AvgIpc) is 2.34. The molecule has 4 nitrogen and oxygen atoms in total. The van der Waals surface area contributed by atoms with Gasteiger partial charge in [0, 0.05) is 19.2 Å². The van der Waals surface area contributed by atoms with E-state index >= 15 is 0 Å². The fraction of sp³-hybridized carbons (Fsp3) is 0.500. The Labute approximate surface area is 117 Å². The van der Waals surface area contributed by atoms with Gasteiger partial charge >= 0.3 is 0 Å². The molecular formula is C14H18ClNO3. The van der Waals surface area contributed by atoms with E-state index in [4.69, 9.17) is 16.7 Å². The van der Waals surface area contributed by atoms with E-state index in [0.29, 0.717) is 23.6 Å². The van der Waals surface area contributed by atoms with E-state index in [1.807, 2.05) is 0 Å². The number of carbonyl (C=O) groups excluding carboxylic acids is 1. The van der Waals surface area contributed by atoms with Crippen LogP contribution in [0.1, 0.15) is 36.0 Å². The fourth-order valence-corrected chi connectivity index (χ4v) is 2.42. The quantitative estimate of drug-likeness (QED) is 0.872. The first-order chi connectivity index (χ1) is 9.13. The molecule has 0 aromatic heterocycles. The molecule has 1 fully saturated rings. The molecule has 0 bridgehead atoms. The highest BCUT2D eigenvalue weighted by atomic mass is 35.5. The Morgan fingerprint density at radius 1 is 1.42 bits per heavy atom. The number of amides is 1. The zero-order chi connectivity index (χ0) is 13.8. The first kappa shape index (κ1) is 14.2. The summed E-state index contributed by atoms with van der Waals surface area (Å²) in [7, 11) is 0. The Balaban J connectivity index is 2.19. The summed E-state index contributed by atoms with van der Waals surface area (Å²) in [6, 6.07) is 4.61. The Morgan fingerprint density at radius 3 is 2.74 bits per heavy atom. The van der Waals surface area contributed by atoms with Gasteiger partial charge in [0.15, 0.2) is 0 Å². The van der Waals surface area contributed by atoms with Gasteiger partial charge in [0.2, 0.25) is 0 Å². The topological polar surface area (TPSA) is 60.8 Å². The van der Waals surface area contributed by atoms with Crippen molar-refractivity contribution in [2.75, 3.05) is 13.2 Å². The molecule has 1 aliphatic rings. The summed E-state index contributed by atoms with van der Waals surface area (Å²) in [6.45, 7) is 0.580. The van der Waals surface area contributed by atoms with Gasteiger partial charge < -0.3 is 15.1 Å². The smallest absolute Gasteiger partial charge is 0.255 e. The van der Waals surface area contributed by atoms with Crippen LogP contribution in [0.3, 0.4) is 0 Å². The summed E-state index contributed by atoms with van der Waals surface area (Å²) in [5.41, 5.74) is 0.325. The molecule has 0 saturated heterocycles. The molecule has 1 aromatic rings. The number of hydrogen-bond donors (Lipinski definition) is 2. The van der Waals surface area contributed by atoms with Gasteiger partial charge in [0.05, 0.1) is 10.6 Å². The maximum atomic E-state index is 12.5. The van der Waals surface area contributed by atoms with Crippen LogP contribution in [0, 0.1) is 0 Å². The van der Waals surface area contributed by atoms with Crippen LogP contribution < -0.4 is 0 Å². The maximum absolute atomic E-state index is 12.5. The normalized spacial score (nSPS) is 15.1. The van der Waals surface area contributed by atoms with Crippen molar-refractivity contribution >= 4 is 17.5 Å². The molecule has 0 unspecified atom stereocenters. The van der Waals surface area contributed by atoms with Crippen molar-refractivity contribution in [2.45, 2.75) is 31.7 Å². The second-order valence-electron chi connectivity index (χ2n) is 4.82. The van der Waals surface area contributed by atoms with Crippen molar-refractivity contribution in [3.63, 3.8) is 0 Å². The van der Waals surface area contributed by atoms with E-state index in [0.717, 1.165) is 19.3 Å². The number of nitrogens with zero attached hydrogens (tertiary/aromatic N) is 1. The van der Waals surface area contributed by atoms with Crippen LogP contribution in [-0.2, 0) is 0 Å². The van der Waals surface area contributed by atoms with Crippen LogP contribution in [0.5, 0.6) is 5.75 Å². The Morgan fingerprint density at radius 2 is 2.16 bits per heavy atom. The predicted molar refractivity (Wildman–Crippen MR) is 73.5 cm³/mol. The Kier molecular flexibility index (Phi) is 4.66. The van der Waals surface area contributed by atoms with Crippen LogP contribution in [0.2, 0.25) is 5.02 Å². The summed E-state index contributed by atoms with van der Waals surface area (Å²) in [4.78, 5) is 14.3. The first-order valence-electron chi connectivity index (χ1n) is 6.54. The summed E-state index contributed by atoms with van der Waals surface area (Å²) in [5, 5.41) is 18.8. The van der Waals surface area contributed by atoms with Gasteiger partial charge in [-0.05, 0) is 43.9 Å². The number of aliphatic hydroxyl groups excluding tert-OH is 1. The van der Waals surface area contributed by atoms with Gasteiger partial charge in [-0.1, -0.05) is 11.6 Å². The lowest BCUT2D eigenvalue weighted by Crippen LogP contribution is -2.45. The minimum Gasteiger partial charge on any atom is -0.508 e. The summed E-state index contributed by atoms with van der Waals surface area (Å²) < 4.78 is 0. The van der Waals surface area contributed by atoms with E-state index in [9.17, 15) is 9.90 Å². The Bertz CT molecular complexity index is 460. The number of carbonyl (C=O) groups is 1. The summed E-state index contributed by atoms with van der Waals surface area (Å²) in [6.07, 6.45) is 3.67. The predicted octanol–water partition coefficient (Wildman–Crippen LogP) is 2.42. The third kappa shape index (κ3) is 3.19. The molecule has 2 rings (SSSR count). The van der Waals surface area contributed by atoms with Crippen molar-refractivity contribution in [1.29, 1.82) is 0 Å². The monoisotopic (exact) mass is 283 g/mol. The molecule has 0 radical (unpaired) electrons. The molecule has 0 spiro atoms. The highest BCUT2D eigenvalue weighted by Crippen LogP contribution is 2.29. The third-order valence-electron chi connectivity index (χ3n) is 3.51. The number of benzene rings is 1. The minimum absolute atomic E-state index is 0.0310. The van der Waals surface area contributed by atoms with Crippen molar-refractivity contribution in [3.8, 4) is 5.75 Å². The number of aliphatic hydroxyl groups is 1. The molecule has 2 N–H and O–H groups in total. The number of rotatable bonds is 5. The van der Waals surface area contributed by atoms with Gasteiger partial charge in [-0.15, -0.1) is 0 Å². The zero-order valence-electron chi connectivity index (χ0n) is 10.7. The molecule has 104 valence electrons. The van der Waals surface area contributed by atoms with Gasteiger partial charge in [-0.25, -0.2) is 0 Å². The number of phenols is 1. The molecule has 1 aromatic carbocycles. The molecule has 19 heavy (non-hydrogen) atoms. The number of phenolic OH excluding ortho intramolecular Hbond substituents is 1. The van der Waals surface area contributed by atoms with Crippen LogP contribution in [0.25, 0.3) is 0 Å². The summed E-state index contributed by atoms with van der Waals surface area (Å²) >= 11 is 6.03. The second kappa shape index (κ2) is 6.26. The second-order valence-corrected chi connectivity index (χ2v) is 5.23. The van der Waals surface area contributed by atoms with Gasteiger partial charge in [-0.2, -0.15) is 0 Å². The van der Waals surface area contributed by atoms with Gasteiger partial charge in [0.1, 0.15) is 5.75 Å². The molecule has 1 saturated carbocycles. The van der Waals surface area contributed by atoms with E-state index < -0.39 is 0 Å². The maximum Gasteiger partial charge on any atom is 0.255 e. The van der Waals surface area contributed by atoms with Crippen molar-refractivity contribution in [1.82, 2.24) is 4.90 Å². The van der Waals surface area contributed by atoms with Crippen LogP contribution in [0.4, 0.5) is 0 Å². The lowest BCUT2D eigenvalue weighted by Gasteiger charge is -2.37. The van der Waals surface area contributed by atoms with E-state index in [2.05, 4.69) is 0 Å². The van der Waals surface area contributed by atoms with Gasteiger partial charge in [0.25, 0.3) is 5.91 Å². The third-order valence-corrected chi connectivity index (χ3v) is 3.84. The molecule has 1 aliphatic carbocycles.